The van der Waals surface area contributed by atoms with Crippen molar-refractivity contribution in [3.63, 3.8) is 0 Å². The van der Waals surface area contributed by atoms with Crippen molar-refractivity contribution in [2.75, 3.05) is 0 Å². The summed E-state index contributed by atoms with van der Waals surface area (Å²) >= 11 is 0. The third kappa shape index (κ3) is 3.61. The van der Waals surface area contributed by atoms with Crippen molar-refractivity contribution in [1.82, 2.24) is 0 Å². The molecule has 0 saturated carbocycles. The molecule has 0 bridgehead atoms. The first-order valence-corrected chi connectivity index (χ1v) is 7.71. The molecule has 0 saturated heterocycles. The van der Waals surface area contributed by atoms with Gasteiger partial charge in [0, 0.05) is 5.56 Å². The molecule has 0 unspecified atom stereocenters. The lowest BCUT2D eigenvalue weighted by atomic mass is 9.95. The Morgan fingerprint density at radius 2 is 1.04 bits per heavy atom. The van der Waals surface area contributed by atoms with Crippen LogP contribution in [-0.4, -0.2) is 0 Å². The molecule has 0 aliphatic rings. The van der Waals surface area contributed by atoms with E-state index in [4.69, 9.17) is 0 Å². The van der Waals surface area contributed by atoms with Gasteiger partial charge in [0.1, 0.15) is 6.07 Å². The largest absolute Gasteiger partial charge is 0.192 e. The Bertz CT molecular complexity index is 935. The topological polar surface area (TPSA) is 23.8 Å². The minimum absolute atomic E-state index is 0.588. The minimum atomic E-state index is 0.588. The van der Waals surface area contributed by atoms with Gasteiger partial charge in [0.15, 0.2) is 0 Å². The lowest BCUT2D eigenvalue weighted by Gasteiger charge is -2.05. The van der Waals surface area contributed by atoms with Gasteiger partial charge in [-0.25, -0.2) is 0 Å². The van der Waals surface area contributed by atoms with Crippen LogP contribution >= 0.6 is 0 Å². The Hall–Kier alpha value is -3.55. The first-order chi connectivity index (χ1) is 11.9. The molecular formula is C23H15N. The van der Waals surface area contributed by atoms with Crippen LogP contribution in [0.25, 0.3) is 11.1 Å². The fraction of sp³-hybridized carbons (Fsp3) is 0. The zero-order valence-corrected chi connectivity index (χ0v) is 13.1. The first kappa shape index (κ1) is 15.3. The molecule has 0 aromatic heterocycles. The molecule has 0 spiro atoms. The van der Waals surface area contributed by atoms with E-state index in [1.54, 1.807) is 0 Å². The van der Waals surface area contributed by atoms with E-state index in [9.17, 15) is 5.26 Å². The predicted molar refractivity (Wildman–Crippen MR) is 98.6 cm³/mol. The van der Waals surface area contributed by atoms with Crippen molar-refractivity contribution < 1.29 is 0 Å². The molecule has 0 fully saturated rings. The second kappa shape index (κ2) is 7.63. The van der Waals surface area contributed by atoms with E-state index < -0.39 is 0 Å². The average Bonchev–Trinajstić information content (AvgIpc) is 2.67. The molecule has 3 rings (SSSR count). The Kier molecular flexibility index (Phi) is 4.88. The minimum Gasteiger partial charge on any atom is -0.192 e. The summed E-state index contributed by atoms with van der Waals surface area (Å²) in [5.41, 5.74) is 4.08. The molecular weight excluding hydrogens is 290 g/mol. The van der Waals surface area contributed by atoms with Crippen molar-refractivity contribution in [3.8, 4) is 17.9 Å². The number of hydrogen-bond donors (Lipinski definition) is 0. The van der Waals surface area contributed by atoms with E-state index in [-0.39, 0.29) is 0 Å². The highest BCUT2D eigenvalue weighted by atomic mass is 14.3. The molecule has 0 aliphatic carbocycles. The highest BCUT2D eigenvalue weighted by Crippen LogP contribution is 2.25. The van der Waals surface area contributed by atoms with E-state index in [0.717, 1.165) is 22.3 Å². The Morgan fingerprint density at radius 1 is 0.583 bits per heavy atom. The normalized spacial score (nSPS) is 10.8. The maximum Gasteiger partial charge on any atom is 0.101 e. The molecule has 112 valence electrons. The lowest BCUT2D eigenvalue weighted by molar-refractivity contribution is 1.52. The number of allylic oxidation sites excluding steroid dienone is 2. The number of hydrogen-bond acceptors (Lipinski definition) is 1. The van der Waals surface area contributed by atoms with Gasteiger partial charge in [-0.1, -0.05) is 90.7 Å². The third-order valence-electron chi connectivity index (χ3n) is 3.59. The van der Waals surface area contributed by atoms with Gasteiger partial charge in [0.2, 0.25) is 0 Å². The molecule has 1 heteroatoms. The number of nitriles is 1. The van der Waals surface area contributed by atoms with Gasteiger partial charge in [-0.15, -0.1) is 0 Å². The first-order valence-electron chi connectivity index (χ1n) is 7.71. The van der Waals surface area contributed by atoms with Crippen molar-refractivity contribution in [1.29, 1.82) is 5.26 Å². The number of nitrogens with zero attached hydrogens (tertiary/aromatic N) is 1. The fourth-order valence-corrected chi connectivity index (χ4v) is 2.41. The van der Waals surface area contributed by atoms with E-state index in [2.05, 4.69) is 17.9 Å². The number of benzene rings is 3. The Labute approximate surface area is 142 Å². The van der Waals surface area contributed by atoms with Crippen LogP contribution in [0.3, 0.4) is 0 Å². The van der Waals surface area contributed by atoms with Crippen molar-refractivity contribution in [2.24, 2.45) is 0 Å². The van der Waals surface area contributed by atoms with Crippen molar-refractivity contribution in [2.45, 2.75) is 0 Å². The summed E-state index contributed by atoms with van der Waals surface area (Å²) < 4.78 is 0. The highest BCUT2D eigenvalue weighted by Gasteiger charge is 2.09. The Morgan fingerprint density at radius 3 is 1.54 bits per heavy atom. The molecule has 0 aliphatic heterocycles. The molecule has 24 heavy (non-hydrogen) atoms. The molecule has 0 N–H and O–H groups in total. The average molecular weight is 305 g/mol. The SMILES string of the molecule is N#C/C(=C(/C#Cc1ccccc1)c1ccccc1)c1ccccc1. The van der Waals surface area contributed by atoms with E-state index >= 15 is 0 Å². The van der Waals surface area contributed by atoms with E-state index in [1.807, 2.05) is 91.0 Å². The van der Waals surface area contributed by atoms with Crippen molar-refractivity contribution >= 4 is 11.1 Å². The van der Waals surface area contributed by atoms with Crippen LogP contribution in [0.4, 0.5) is 0 Å². The van der Waals surface area contributed by atoms with Crippen LogP contribution in [0.2, 0.25) is 0 Å². The molecule has 0 amide bonds. The zero-order valence-electron chi connectivity index (χ0n) is 13.1. The van der Waals surface area contributed by atoms with Crippen LogP contribution in [-0.2, 0) is 0 Å². The van der Waals surface area contributed by atoms with Crippen LogP contribution in [0.5, 0.6) is 0 Å². The van der Waals surface area contributed by atoms with Gasteiger partial charge in [0.05, 0.1) is 11.1 Å². The fourth-order valence-electron chi connectivity index (χ4n) is 2.41. The molecule has 0 heterocycles. The van der Waals surface area contributed by atoms with Crippen LogP contribution < -0.4 is 0 Å². The summed E-state index contributed by atoms with van der Waals surface area (Å²) in [5, 5.41) is 9.73. The summed E-state index contributed by atoms with van der Waals surface area (Å²) in [5.74, 6) is 6.38. The smallest absolute Gasteiger partial charge is 0.101 e. The second-order valence-corrected chi connectivity index (χ2v) is 5.21. The summed E-state index contributed by atoms with van der Waals surface area (Å²) in [6.07, 6.45) is 0. The lowest BCUT2D eigenvalue weighted by Crippen LogP contribution is -1.89. The monoisotopic (exact) mass is 305 g/mol. The molecule has 1 nitrogen and oxygen atoms in total. The molecule has 0 atom stereocenters. The van der Waals surface area contributed by atoms with Gasteiger partial charge in [-0.2, -0.15) is 5.26 Å². The predicted octanol–water partition coefficient (Wildman–Crippen LogP) is 5.17. The zero-order chi connectivity index (χ0) is 16.6. The molecule has 3 aromatic carbocycles. The van der Waals surface area contributed by atoms with Gasteiger partial charge >= 0.3 is 0 Å². The summed E-state index contributed by atoms with van der Waals surface area (Å²) in [6.45, 7) is 0. The van der Waals surface area contributed by atoms with E-state index in [0.29, 0.717) is 5.57 Å². The summed E-state index contributed by atoms with van der Waals surface area (Å²) in [6, 6.07) is 31.6. The number of rotatable bonds is 2. The summed E-state index contributed by atoms with van der Waals surface area (Å²) in [7, 11) is 0. The van der Waals surface area contributed by atoms with Crippen LogP contribution in [0.15, 0.2) is 91.0 Å². The summed E-state index contributed by atoms with van der Waals surface area (Å²) in [4.78, 5) is 0. The Balaban J connectivity index is 2.18. The third-order valence-corrected chi connectivity index (χ3v) is 3.59. The van der Waals surface area contributed by atoms with Gasteiger partial charge < -0.3 is 0 Å². The van der Waals surface area contributed by atoms with Crippen LogP contribution in [0.1, 0.15) is 16.7 Å². The van der Waals surface area contributed by atoms with Crippen LogP contribution in [0, 0.1) is 23.2 Å². The quantitative estimate of drug-likeness (QED) is 0.364. The second-order valence-electron chi connectivity index (χ2n) is 5.21. The molecule has 3 aromatic rings. The van der Waals surface area contributed by atoms with E-state index in [1.165, 1.54) is 0 Å². The standard InChI is InChI=1S/C23H15N/c24-18-23(21-14-8-3-9-15-21)22(20-12-6-2-7-13-20)17-16-19-10-4-1-5-11-19/h1-15H/b23-22+. The maximum absolute atomic E-state index is 9.73. The highest BCUT2D eigenvalue weighted by molar-refractivity contribution is 6.03. The van der Waals surface area contributed by atoms with Gasteiger partial charge in [0.25, 0.3) is 0 Å². The maximum atomic E-state index is 9.73. The van der Waals surface area contributed by atoms with Crippen molar-refractivity contribution in [3.05, 3.63) is 108 Å². The molecule has 0 radical (unpaired) electrons. The van der Waals surface area contributed by atoms with Gasteiger partial charge in [-0.3, -0.25) is 0 Å². The van der Waals surface area contributed by atoms with Gasteiger partial charge in [-0.05, 0) is 23.3 Å².